The van der Waals surface area contributed by atoms with Gasteiger partial charge in [-0.15, -0.1) is 0 Å². The summed E-state index contributed by atoms with van der Waals surface area (Å²) in [4.78, 5) is 2.45. The molecule has 2 heterocycles. The molecule has 0 saturated carbocycles. The molecule has 1 aromatic carbocycles. The molecule has 0 bridgehead atoms. The lowest BCUT2D eigenvalue weighted by molar-refractivity contribution is 0.168. The second kappa shape index (κ2) is 5.57. The maximum Gasteiger partial charge on any atom is 0.151 e. The van der Waals surface area contributed by atoms with Crippen LogP contribution in [0.25, 0.3) is 11.3 Å². The maximum atomic E-state index is 5.46. The van der Waals surface area contributed by atoms with E-state index in [0.717, 1.165) is 29.5 Å². The van der Waals surface area contributed by atoms with E-state index in [1.54, 1.807) is 0 Å². The Labute approximate surface area is 114 Å². The first-order chi connectivity index (χ1) is 9.31. The van der Waals surface area contributed by atoms with Gasteiger partial charge < -0.3 is 4.52 Å². The summed E-state index contributed by atoms with van der Waals surface area (Å²) in [5.41, 5.74) is 2.05. The predicted octanol–water partition coefficient (Wildman–Crippen LogP) is 3.57. The molecule has 3 rings (SSSR count). The molecular weight excluding hydrogens is 236 g/mol. The van der Waals surface area contributed by atoms with Crippen molar-refractivity contribution in [2.24, 2.45) is 5.92 Å². The standard InChI is InChI=1S/C16H20N2O/c1-13-7-9-18(10-8-13)12-15-11-16(17-19-15)14-5-3-2-4-6-14/h2-6,11,13H,7-10,12H2,1H3. The molecular formula is C16H20N2O. The summed E-state index contributed by atoms with van der Waals surface area (Å²) in [5.74, 6) is 1.83. The number of hydrogen-bond acceptors (Lipinski definition) is 3. The van der Waals surface area contributed by atoms with Crippen molar-refractivity contribution in [1.82, 2.24) is 10.1 Å². The van der Waals surface area contributed by atoms with E-state index in [1.807, 2.05) is 18.2 Å². The lowest BCUT2D eigenvalue weighted by Crippen LogP contribution is -2.32. The Bertz CT molecular complexity index is 513. The summed E-state index contributed by atoms with van der Waals surface area (Å²) in [6, 6.07) is 12.2. The van der Waals surface area contributed by atoms with Crippen LogP contribution in [0.1, 0.15) is 25.5 Å². The number of piperidine rings is 1. The summed E-state index contributed by atoms with van der Waals surface area (Å²) >= 11 is 0. The minimum absolute atomic E-state index is 0.867. The molecule has 2 aromatic rings. The highest BCUT2D eigenvalue weighted by atomic mass is 16.5. The Morgan fingerprint density at radius 1 is 1.21 bits per heavy atom. The van der Waals surface area contributed by atoms with Gasteiger partial charge in [-0.3, -0.25) is 4.90 Å². The van der Waals surface area contributed by atoms with Crippen LogP contribution in [0.15, 0.2) is 40.9 Å². The van der Waals surface area contributed by atoms with Gasteiger partial charge in [0.1, 0.15) is 5.69 Å². The van der Waals surface area contributed by atoms with Crippen molar-refractivity contribution in [2.75, 3.05) is 13.1 Å². The monoisotopic (exact) mass is 256 g/mol. The molecule has 0 unspecified atom stereocenters. The van der Waals surface area contributed by atoms with E-state index < -0.39 is 0 Å². The second-order valence-electron chi connectivity index (χ2n) is 5.50. The van der Waals surface area contributed by atoms with Crippen molar-refractivity contribution >= 4 is 0 Å². The average molecular weight is 256 g/mol. The fourth-order valence-corrected chi connectivity index (χ4v) is 2.57. The molecule has 0 N–H and O–H groups in total. The molecule has 1 saturated heterocycles. The quantitative estimate of drug-likeness (QED) is 0.840. The highest BCUT2D eigenvalue weighted by Crippen LogP contribution is 2.21. The molecule has 0 atom stereocenters. The Hall–Kier alpha value is -1.61. The summed E-state index contributed by atoms with van der Waals surface area (Å²) in [7, 11) is 0. The number of rotatable bonds is 3. The van der Waals surface area contributed by atoms with Crippen molar-refractivity contribution in [3.05, 3.63) is 42.2 Å². The summed E-state index contributed by atoms with van der Waals surface area (Å²) < 4.78 is 5.46. The fraction of sp³-hybridized carbons (Fsp3) is 0.438. The number of aromatic nitrogens is 1. The summed E-state index contributed by atoms with van der Waals surface area (Å²) in [5, 5.41) is 4.17. The Morgan fingerprint density at radius 2 is 1.95 bits per heavy atom. The molecule has 0 aliphatic carbocycles. The Kier molecular flexibility index (Phi) is 3.65. The average Bonchev–Trinajstić information content (AvgIpc) is 2.91. The zero-order valence-electron chi connectivity index (χ0n) is 11.4. The largest absolute Gasteiger partial charge is 0.359 e. The molecule has 1 aliphatic heterocycles. The minimum atomic E-state index is 0.867. The molecule has 19 heavy (non-hydrogen) atoms. The third kappa shape index (κ3) is 3.04. The van der Waals surface area contributed by atoms with E-state index in [4.69, 9.17) is 4.52 Å². The molecule has 3 nitrogen and oxygen atoms in total. The number of likely N-dealkylation sites (tertiary alicyclic amines) is 1. The van der Waals surface area contributed by atoms with Crippen LogP contribution >= 0.6 is 0 Å². The van der Waals surface area contributed by atoms with Crippen LogP contribution in [0.2, 0.25) is 0 Å². The Balaban J connectivity index is 1.65. The smallest absolute Gasteiger partial charge is 0.151 e. The molecule has 0 spiro atoms. The van der Waals surface area contributed by atoms with E-state index in [1.165, 1.54) is 25.9 Å². The minimum Gasteiger partial charge on any atom is -0.359 e. The number of benzene rings is 1. The van der Waals surface area contributed by atoms with Gasteiger partial charge in [-0.2, -0.15) is 0 Å². The maximum absolute atomic E-state index is 5.46. The topological polar surface area (TPSA) is 29.3 Å². The van der Waals surface area contributed by atoms with Gasteiger partial charge in [0, 0.05) is 11.6 Å². The van der Waals surface area contributed by atoms with Crippen molar-refractivity contribution in [2.45, 2.75) is 26.3 Å². The zero-order chi connectivity index (χ0) is 13.1. The van der Waals surface area contributed by atoms with Gasteiger partial charge in [0.2, 0.25) is 0 Å². The number of nitrogens with zero attached hydrogens (tertiary/aromatic N) is 2. The van der Waals surface area contributed by atoms with Gasteiger partial charge >= 0.3 is 0 Å². The normalized spacial score (nSPS) is 17.7. The Morgan fingerprint density at radius 3 is 2.68 bits per heavy atom. The third-order valence-corrected chi connectivity index (χ3v) is 3.88. The van der Waals surface area contributed by atoms with Crippen LogP contribution < -0.4 is 0 Å². The van der Waals surface area contributed by atoms with Gasteiger partial charge in [0.05, 0.1) is 6.54 Å². The van der Waals surface area contributed by atoms with Crippen LogP contribution in [0.3, 0.4) is 0 Å². The van der Waals surface area contributed by atoms with Crippen LogP contribution in [-0.2, 0) is 6.54 Å². The molecule has 1 fully saturated rings. The van der Waals surface area contributed by atoms with E-state index in [2.05, 4.69) is 35.2 Å². The van der Waals surface area contributed by atoms with Crippen molar-refractivity contribution < 1.29 is 4.52 Å². The highest BCUT2D eigenvalue weighted by molar-refractivity contribution is 5.58. The molecule has 1 aliphatic rings. The molecule has 0 radical (unpaired) electrons. The molecule has 0 amide bonds. The van der Waals surface area contributed by atoms with Gasteiger partial charge in [0.15, 0.2) is 5.76 Å². The van der Waals surface area contributed by atoms with Crippen LogP contribution in [-0.4, -0.2) is 23.1 Å². The summed E-state index contributed by atoms with van der Waals surface area (Å²) in [6.45, 7) is 5.55. The van der Waals surface area contributed by atoms with E-state index >= 15 is 0 Å². The van der Waals surface area contributed by atoms with Gasteiger partial charge in [-0.1, -0.05) is 42.4 Å². The summed E-state index contributed by atoms with van der Waals surface area (Å²) in [6.07, 6.45) is 2.58. The van der Waals surface area contributed by atoms with Crippen molar-refractivity contribution in [3.8, 4) is 11.3 Å². The SMILES string of the molecule is CC1CCN(Cc2cc(-c3ccccc3)no2)CC1. The van der Waals surface area contributed by atoms with Crippen molar-refractivity contribution in [1.29, 1.82) is 0 Å². The molecule has 1 aromatic heterocycles. The van der Waals surface area contributed by atoms with Crippen molar-refractivity contribution in [3.63, 3.8) is 0 Å². The first-order valence-electron chi connectivity index (χ1n) is 7.04. The second-order valence-corrected chi connectivity index (χ2v) is 5.50. The fourth-order valence-electron chi connectivity index (χ4n) is 2.57. The van der Waals surface area contributed by atoms with E-state index in [0.29, 0.717) is 0 Å². The first kappa shape index (κ1) is 12.4. The molecule has 3 heteroatoms. The third-order valence-electron chi connectivity index (χ3n) is 3.88. The van der Waals surface area contributed by atoms with Crippen LogP contribution in [0.4, 0.5) is 0 Å². The highest BCUT2D eigenvalue weighted by Gasteiger charge is 2.17. The van der Waals surface area contributed by atoms with Gasteiger partial charge in [-0.25, -0.2) is 0 Å². The van der Waals surface area contributed by atoms with Gasteiger partial charge in [-0.05, 0) is 31.8 Å². The lowest BCUT2D eigenvalue weighted by Gasteiger charge is -2.29. The molecule has 100 valence electrons. The van der Waals surface area contributed by atoms with E-state index in [-0.39, 0.29) is 0 Å². The zero-order valence-corrected chi connectivity index (χ0v) is 11.4. The van der Waals surface area contributed by atoms with Gasteiger partial charge in [0.25, 0.3) is 0 Å². The first-order valence-corrected chi connectivity index (χ1v) is 7.04. The van der Waals surface area contributed by atoms with E-state index in [9.17, 15) is 0 Å². The lowest BCUT2D eigenvalue weighted by atomic mass is 9.99. The van der Waals surface area contributed by atoms with Crippen LogP contribution in [0, 0.1) is 5.92 Å². The number of hydrogen-bond donors (Lipinski definition) is 0. The predicted molar refractivity (Wildman–Crippen MR) is 75.6 cm³/mol. The van der Waals surface area contributed by atoms with Crippen LogP contribution in [0.5, 0.6) is 0 Å².